The van der Waals surface area contributed by atoms with Gasteiger partial charge in [-0.2, -0.15) is 0 Å². The predicted molar refractivity (Wildman–Crippen MR) is 47.7 cm³/mol. The fourth-order valence-electron chi connectivity index (χ4n) is 0.647. The van der Waals surface area contributed by atoms with Gasteiger partial charge >= 0.3 is 0 Å². The van der Waals surface area contributed by atoms with Crippen LogP contribution >= 0.6 is 34.8 Å². The minimum atomic E-state index is 0.311. The normalized spacial score (nSPS) is 9.27. The topological polar surface area (TPSA) is 0 Å². The molecule has 0 spiro atoms. The van der Waals surface area contributed by atoms with E-state index >= 15 is 0 Å². The Bertz CT molecular complexity index is 323. The molecule has 0 bridgehead atoms. The Kier molecular flexibility index (Phi) is 2.67. The molecule has 0 heterocycles. The van der Waals surface area contributed by atoms with Crippen molar-refractivity contribution in [3.63, 3.8) is 0 Å². The van der Waals surface area contributed by atoms with Crippen molar-refractivity contribution in [2.45, 2.75) is 0 Å². The first-order valence-electron chi connectivity index (χ1n) is 2.72. The Morgan fingerprint density at radius 2 is 1.82 bits per heavy atom. The van der Waals surface area contributed by atoms with Crippen molar-refractivity contribution in [1.29, 1.82) is 0 Å². The second-order valence-electron chi connectivity index (χ2n) is 1.87. The molecule has 0 fully saturated rings. The van der Waals surface area contributed by atoms with E-state index in [0.717, 1.165) is 0 Å². The van der Waals surface area contributed by atoms with E-state index in [1.165, 1.54) is 12.1 Å². The molecule has 55 valence electrons. The molecule has 11 heavy (non-hydrogen) atoms. The van der Waals surface area contributed by atoms with Crippen LogP contribution in [0.25, 0.3) is 0 Å². The molecule has 0 aliphatic rings. The van der Waals surface area contributed by atoms with E-state index < -0.39 is 0 Å². The van der Waals surface area contributed by atoms with E-state index in [2.05, 4.69) is 5.92 Å². The van der Waals surface area contributed by atoms with Crippen molar-refractivity contribution in [2.75, 3.05) is 0 Å². The van der Waals surface area contributed by atoms with Crippen molar-refractivity contribution in [2.24, 2.45) is 0 Å². The van der Waals surface area contributed by atoms with E-state index in [0.29, 0.717) is 20.6 Å². The van der Waals surface area contributed by atoms with Gasteiger partial charge in [-0.3, -0.25) is 0 Å². The van der Waals surface area contributed by atoms with Crippen LogP contribution in [0.5, 0.6) is 0 Å². The van der Waals surface area contributed by atoms with Gasteiger partial charge in [0.05, 0.1) is 10.0 Å². The predicted octanol–water partition coefficient (Wildman–Crippen LogP) is 3.58. The Morgan fingerprint density at radius 1 is 1.18 bits per heavy atom. The van der Waals surface area contributed by atoms with Crippen LogP contribution in [0.3, 0.4) is 0 Å². The molecule has 3 heteroatoms. The van der Waals surface area contributed by atoms with Gasteiger partial charge in [-0.1, -0.05) is 40.7 Å². The Hall–Kier alpha value is -0.350. The molecule has 1 aromatic carbocycles. The van der Waals surface area contributed by atoms with Crippen LogP contribution in [0.15, 0.2) is 12.1 Å². The van der Waals surface area contributed by atoms with Crippen LogP contribution in [0, 0.1) is 12.3 Å². The van der Waals surface area contributed by atoms with Gasteiger partial charge in [-0.15, -0.1) is 0 Å². The molecule has 0 amide bonds. The van der Waals surface area contributed by atoms with E-state index in [1.807, 2.05) is 0 Å². The zero-order valence-corrected chi connectivity index (χ0v) is 7.56. The summed E-state index contributed by atoms with van der Waals surface area (Å²) in [6.07, 6.45) is 6.83. The molecule has 0 unspecified atom stereocenters. The monoisotopic (exact) mass is 203 g/mol. The first-order chi connectivity index (χ1) is 5.15. The van der Waals surface area contributed by atoms with Gasteiger partial charge in [0.25, 0.3) is 0 Å². The first-order valence-corrected chi connectivity index (χ1v) is 3.86. The van der Waals surface area contributed by atoms with Crippen molar-refractivity contribution < 1.29 is 0 Å². The third-order valence-electron chi connectivity index (χ3n) is 1.13. The standard InChI is InChI=1S/C8H2Cl3/c1-2-5-3-6(9)4-7(10)8(5)11/h3-4H. The molecule has 1 rings (SSSR count). The van der Waals surface area contributed by atoms with Crippen molar-refractivity contribution >= 4 is 34.8 Å². The lowest BCUT2D eigenvalue weighted by Crippen LogP contribution is -1.77. The summed E-state index contributed by atoms with van der Waals surface area (Å²) in [5.74, 6) is 2.13. The Labute approximate surface area is 80.1 Å². The molecule has 0 aliphatic heterocycles. The van der Waals surface area contributed by atoms with Gasteiger partial charge in [0.2, 0.25) is 0 Å². The van der Waals surface area contributed by atoms with Crippen LogP contribution in [-0.2, 0) is 0 Å². The van der Waals surface area contributed by atoms with Gasteiger partial charge in [0.15, 0.2) is 0 Å². The van der Waals surface area contributed by atoms with Gasteiger partial charge in [0, 0.05) is 10.6 Å². The van der Waals surface area contributed by atoms with Crippen LogP contribution in [0.2, 0.25) is 15.1 Å². The second kappa shape index (κ2) is 3.36. The lowest BCUT2D eigenvalue weighted by Gasteiger charge is -1.98. The minimum absolute atomic E-state index is 0.311. The van der Waals surface area contributed by atoms with Gasteiger partial charge in [-0.25, -0.2) is 0 Å². The number of halogens is 3. The number of hydrogen-bond donors (Lipinski definition) is 0. The van der Waals surface area contributed by atoms with E-state index in [-0.39, 0.29) is 0 Å². The lowest BCUT2D eigenvalue weighted by atomic mass is 10.2. The molecule has 0 saturated heterocycles. The summed E-state index contributed by atoms with van der Waals surface area (Å²) in [4.78, 5) is 0. The summed E-state index contributed by atoms with van der Waals surface area (Å²) in [7, 11) is 0. The lowest BCUT2D eigenvalue weighted by molar-refractivity contribution is 1.64. The van der Waals surface area contributed by atoms with Gasteiger partial charge < -0.3 is 0 Å². The molecule has 0 nitrogen and oxygen atoms in total. The zero-order chi connectivity index (χ0) is 8.43. The van der Waals surface area contributed by atoms with Crippen LogP contribution < -0.4 is 0 Å². The molecule has 0 N–H and O–H groups in total. The molecule has 1 radical (unpaired) electrons. The van der Waals surface area contributed by atoms with Crippen molar-refractivity contribution in [1.82, 2.24) is 0 Å². The number of rotatable bonds is 0. The third kappa shape index (κ3) is 1.81. The maximum absolute atomic E-state index is 6.83. The fourth-order valence-corrected chi connectivity index (χ4v) is 1.30. The average molecular weight is 204 g/mol. The summed E-state index contributed by atoms with van der Waals surface area (Å²) in [5.41, 5.74) is 0.407. The Balaban J connectivity index is 3.39. The summed E-state index contributed by atoms with van der Waals surface area (Å²) < 4.78 is 0. The molecule has 0 aliphatic carbocycles. The third-order valence-corrected chi connectivity index (χ3v) is 2.15. The Morgan fingerprint density at radius 3 is 2.36 bits per heavy atom. The highest BCUT2D eigenvalue weighted by Gasteiger charge is 2.03. The summed E-state index contributed by atoms with van der Waals surface area (Å²) in [6.45, 7) is 0. The van der Waals surface area contributed by atoms with Crippen LogP contribution in [0.1, 0.15) is 5.56 Å². The summed E-state index contributed by atoms with van der Waals surface area (Å²) >= 11 is 17.0. The van der Waals surface area contributed by atoms with Gasteiger partial charge in [-0.05, 0) is 18.6 Å². The number of hydrogen-bond acceptors (Lipinski definition) is 0. The molecule has 0 atom stereocenters. The fraction of sp³-hybridized carbons (Fsp3) is 0. The van der Waals surface area contributed by atoms with Crippen LogP contribution in [-0.4, -0.2) is 0 Å². The molecular formula is C8H2Cl3. The SMILES string of the molecule is [C]#Cc1cc(Cl)cc(Cl)c1Cl. The molecule has 0 saturated carbocycles. The highest BCUT2D eigenvalue weighted by atomic mass is 35.5. The summed E-state index contributed by atoms with van der Waals surface area (Å²) in [5, 5.41) is 1.11. The minimum Gasteiger partial charge on any atom is -0.0842 e. The molecule has 1 aromatic rings. The second-order valence-corrected chi connectivity index (χ2v) is 3.10. The van der Waals surface area contributed by atoms with E-state index in [1.54, 1.807) is 0 Å². The highest BCUT2D eigenvalue weighted by Crippen LogP contribution is 2.28. The molecule has 0 aromatic heterocycles. The van der Waals surface area contributed by atoms with Crippen molar-refractivity contribution in [3.8, 4) is 5.92 Å². The molecular weight excluding hydrogens is 202 g/mol. The quantitative estimate of drug-likeness (QED) is 0.448. The van der Waals surface area contributed by atoms with Crippen molar-refractivity contribution in [3.05, 3.63) is 39.2 Å². The van der Waals surface area contributed by atoms with Gasteiger partial charge in [0.1, 0.15) is 0 Å². The first kappa shape index (κ1) is 8.74. The highest BCUT2D eigenvalue weighted by molar-refractivity contribution is 6.43. The number of benzene rings is 1. The average Bonchev–Trinajstić information content (AvgIpc) is 1.96. The van der Waals surface area contributed by atoms with E-state index in [9.17, 15) is 0 Å². The van der Waals surface area contributed by atoms with E-state index in [4.69, 9.17) is 41.2 Å². The zero-order valence-electron chi connectivity index (χ0n) is 5.29. The van der Waals surface area contributed by atoms with Crippen LogP contribution in [0.4, 0.5) is 0 Å². The maximum atomic E-state index is 6.83. The smallest absolute Gasteiger partial charge is 0.0750 e. The maximum Gasteiger partial charge on any atom is 0.0750 e. The summed E-state index contributed by atoms with van der Waals surface area (Å²) in [6, 6.07) is 3.05. The largest absolute Gasteiger partial charge is 0.0842 e.